The normalized spacial score (nSPS) is 15.8. The number of rotatable bonds is 11. The quantitative estimate of drug-likeness (QED) is 0.530. The standard InChI is InChI=1S/C17H35NO/c1-6-8-10-11-13-17(5,12-9-7-2)15(3)14-18-16(4)19/h15H,6-14H2,1-5H3,(H,18,19)/t15-,17?/m1/s1. The number of nitrogens with one attached hydrogen (secondary N) is 1. The van der Waals surface area contributed by atoms with Crippen molar-refractivity contribution in [1.29, 1.82) is 0 Å². The third-order valence-electron chi connectivity index (χ3n) is 4.55. The highest BCUT2D eigenvalue weighted by Gasteiger charge is 2.29. The maximum atomic E-state index is 11.1. The van der Waals surface area contributed by atoms with Crippen molar-refractivity contribution < 1.29 is 4.79 Å². The summed E-state index contributed by atoms with van der Waals surface area (Å²) in [4.78, 5) is 11.1. The summed E-state index contributed by atoms with van der Waals surface area (Å²) >= 11 is 0. The van der Waals surface area contributed by atoms with Crippen LogP contribution in [0, 0.1) is 11.3 Å². The topological polar surface area (TPSA) is 29.1 Å². The van der Waals surface area contributed by atoms with Crippen molar-refractivity contribution in [2.45, 2.75) is 86.0 Å². The van der Waals surface area contributed by atoms with Gasteiger partial charge in [-0.1, -0.05) is 66.2 Å². The first-order valence-electron chi connectivity index (χ1n) is 8.20. The summed E-state index contributed by atoms with van der Waals surface area (Å²) < 4.78 is 0. The van der Waals surface area contributed by atoms with Crippen molar-refractivity contribution in [2.24, 2.45) is 11.3 Å². The summed E-state index contributed by atoms with van der Waals surface area (Å²) in [5.41, 5.74) is 0.381. The van der Waals surface area contributed by atoms with E-state index < -0.39 is 0 Å². The summed E-state index contributed by atoms with van der Waals surface area (Å²) in [6, 6.07) is 0. The molecule has 0 saturated heterocycles. The molecule has 0 aliphatic carbocycles. The van der Waals surface area contributed by atoms with Crippen LogP contribution >= 0.6 is 0 Å². The lowest BCUT2D eigenvalue weighted by Gasteiger charge is -2.36. The Labute approximate surface area is 120 Å². The number of amides is 1. The summed E-state index contributed by atoms with van der Waals surface area (Å²) in [7, 11) is 0. The smallest absolute Gasteiger partial charge is 0.216 e. The van der Waals surface area contributed by atoms with E-state index in [1.165, 1.54) is 51.4 Å². The average Bonchev–Trinajstić information content (AvgIpc) is 2.38. The molecular weight excluding hydrogens is 234 g/mol. The Morgan fingerprint density at radius 3 is 2.16 bits per heavy atom. The van der Waals surface area contributed by atoms with Gasteiger partial charge in [-0.2, -0.15) is 0 Å². The zero-order valence-corrected chi connectivity index (χ0v) is 13.8. The number of hydrogen-bond donors (Lipinski definition) is 1. The minimum absolute atomic E-state index is 0.0932. The number of carbonyl (C=O) groups excluding carboxylic acids is 1. The lowest BCUT2D eigenvalue weighted by Crippen LogP contribution is -2.35. The van der Waals surface area contributed by atoms with Crippen molar-refractivity contribution in [3.05, 3.63) is 0 Å². The van der Waals surface area contributed by atoms with Gasteiger partial charge in [-0.15, -0.1) is 0 Å². The highest BCUT2D eigenvalue weighted by atomic mass is 16.1. The van der Waals surface area contributed by atoms with Gasteiger partial charge in [0, 0.05) is 13.5 Å². The zero-order valence-electron chi connectivity index (χ0n) is 13.8. The molecule has 0 aromatic heterocycles. The molecule has 0 spiro atoms. The molecule has 114 valence electrons. The third kappa shape index (κ3) is 8.28. The van der Waals surface area contributed by atoms with Gasteiger partial charge in [-0.3, -0.25) is 4.79 Å². The second-order valence-electron chi connectivity index (χ2n) is 6.41. The van der Waals surface area contributed by atoms with Gasteiger partial charge in [0.2, 0.25) is 5.91 Å². The molecule has 0 aliphatic rings. The highest BCUT2D eigenvalue weighted by molar-refractivity contribution is 5.72. The van der Waals surface area contributed by atoms with Crippen molar-refractivity contribution in [1.82, 2.24) is 5.32 Å². The van der Waals surface area contributed by atoms with Crippen LogP contribution in [0.2, 0.25) is 0 Å². The van der Waals surface area contributed by atoms with E-state index in [0.717, 1.165) is 6.54 Å². The van der Waals surface area contributed by atoms with E-state index in [1.54, 1.807) is 6.92 Å². The van der Waals surface area contributed by atoms with Crippen LogP contribution in [-0.2, 0) is 4.79 Å². The van der Waals surface area contributed by atoms with Gasteiger partial charge in [0.15, 0.2) is 0 Å². The Kier molecular flexibility index (Phi) is 9.99. The first kappa shape index (κ1) is 18.5. The second kappa shape index (κ2) is 10.3. The van der Waals surface area contributed by atoms with Gasteiger partial charge in [0.25, 0.3) is 0 Å². The molecule has 19 heavy (non-hydrogen) atoms. The van der Waals surface area contributed by atoms with E-state index in [2.05, 4.69) is 33.0 Å². The molecule has 0 bridgehead atoms. The molecule has 0 fully saturated rings. The molecule has 0 aromatic rings. The van der Waals surface area contributed by atoms with Gasteiger partial charge in [-0.25, -0.2) is 0 Å². The van der Waals surface area contributed by atoms with Gasteiger partial charge >= 0.3 is 0 Å². The fourth-order valence-corrected chi connectivity index (χ4v) is 2.70. The molecule has 0 aromatic carbocycles. The van der Waals surface area contributed by atoms with Crippen molar-refractivity contribution in [2.75, 3.05) is 6.54 Å². The van der Waals surface area contributed by atoms with Crippen LogP contribution in [0.25, 0.3) is 0 Å². The third-order valence-corrected chi connectivity index (χ3v) is 4.55. The first-order chi connectivity index (χ1) is 8.96. The predicted octanol–water partition coefficient (Wildman–Crippen LogP) is 4.93. The average molecular weight is 269 g/mol. The maximum absolute atomic E-state index is 11.1. The summed E-state index contributed by atoms with van der Waals surface area (Å²) in [5.74, 6) is 0.653. The SMILES string of the molecule is CCCCCCC(C)(CCCC)[C@H](C)CNC(C)=O. The summed E-state index contributed by atoms with van der Waals surface area (Å²) in [6.45, 7) is 11.7. The van der Waals surface area contributed by atoms with Gasteiger partial charge < -0.3 is 5.32 Å². The molecule has 1 unspecified atom stereocenters. The van der Waals surface area contributed by atoms with Crippen LogP contribution in [0.5, 0.6) is 0 Å². The van der Waals surface area contributed by atoms with E-state index in [4.69, 9.17) is 0 Å². The molecule has 1 amide bonds. The monoisotopic (exact) mass is 269 g/mol. The summed E-state index contributed by atoms with van der Waals surface area (Å²) in [5, 5.41) is 2.99. The minimum atomic E-state index is 0.0932. The molecule has 2 nitrogen and oxygen atoms in total. The second-order valence-corrected chi connectivity index (χ2v) is 6.41. The van der Waals surface area contributed by atoms with Gasteiger partial charge in [0.1, 0.15) is 0 Å². The first-order valence-corrected chi connectivity index (χ1v) is 8.20. The summed E-state index contributed by atoms with van der Waals surface area (Å²) in [6.07, 6.45) is 10.5. The van der Waals surface area contributed by atoms with Crippen LogP contribution < -0.4 is 5.32 Å². The van der Waals surface area contributed by atoms with E-state index in [-0.39, 0.29) is 5.91 Å². The van der Waals surface area contributed by atoms with Crippen LogP contribution in [0.4, 0.5) is 0 Å². The molecule has 0 heterocycles. The Morgan fingerprint density at radius 1 is 1.05 bits per heavy atom. The molecule has 0 aliphatic heterocycles. The van der Waals surface area contributed by atoms with Crippen molar-refractivity contribution >= 4 is 5.91 Å². The molecule has 0 saturated carbocycles. The van der Waals surface area contributed by atoms with Crippen LogP contribution in [-0.4, -0.2) is 12.5 Å². The van der Waals surface area contributed by atoms with Crippen LogP contribution in [0.15, 0.2) is 0 Å². The Balaban J connectivity index is 4.33. The molecule has 0 rings (SSSR count). The van der Waals surface area contributed by atoms with Crippen LogP contribution in [0.1, 0.15) is 86.0 Å². The predicted molar refractivity (Wildman–Crippen MR) is 84.2 cm³/mol. The van der Waals surface area contributed by atoms with E-state index in [1.807, 2.05) is 0 Å². The van der Waals surface area contributed by atoms with Crippen molar-refractivity contribution in [3.63, 3.8) is 0 Å². The van der Waals surface area contributed by atoms with E-state index in [9.17, 15) is 4.79 Å². The Morgan fingerprint density at radius 2 is 1.63 bits per heavy atom. The lowest BCUT2D eigenvalue weighted by atomic mass is 9.70. The number of carbonyl (C=O) groups is 1. The van der Waals surface area contributed by atoms with Crippen LogP contribution in [0.3, 0.4) is 0 Å². The number of hydrogen-bond acceptors (Lipinski definition) is 1. The Hall–Kier alpha value is -0.530. The molecule has 0 radical (unpaired) electrons. The molecule has 1 N–H and O–H groups in total. The number of unbranched alkanes of at least 4 members (excludes halogenated alkanes) is 4. The molecular formula is C17H35NO. The maximum Gasteiger partial charge on any atom is 0.216 e. The minimum Gasteiger partial charge on any atom is -0.356 e. The lowest BCUT2D eigenvalue weighted by molar-refractivity contribution is -0.119. The molecule has 2 atom stereocenters. The van der Waals surface area contributed by atoms with E-state index in [0.29, 0.717) is 11.3 Å². The van der Waals surface area contributed by atoms with Gasteiger partial charge in [0.05, 0.1) is 0 Å². The van der Waals surface area contributed by atoms with Crippen molar-refractivity contribution in [3.8, 4) is 0 Å². The highest BCUT2D eigenvalue weighted by Crippen LogP contribution is 2.38. The molecule has 2 heteroatoms. The van der Waals surface area contributed by atoms with Gasteiger partial charge in [-0.05, 0) is 24.2 Å². The Bertz CT molecular complexity index is 239. The fraction of sp³-hybridized carbons (Fsp3) is 0.941. The zero-order chi connectivity index (χ0) is 14.7. The van der Waals surface area contributed by atoms with E-state index >= 15 is 0 Å². The fourth-order valence-electron chi connectivity index (χ4n) is 2.70. The largest absolute Gasteiger partial charge is 0.356 e.